The van der Waals surface area contributed by atoms with E-state index in [0.717, 1.165) is 18.2 Å². The molecule has 0 unspecified atom stereocenters. The molecule has 0 aliphatic heterocycles. The zero-order valence-electron chi connectivity index (χ0n) is 8.18. The molecule has 0 aliphatic carbocycles. The second-order valence-corrected chi connectivity index (χ2v) is 2.69. The molecule has 0 bridgehead atoms. The first-order valence-corrected chi connectivity index (χ1v) is 4.09. The standard InChI is InChI=1S/C9H8F4O3/c1-14-5-15-6-2-3-8(7(10)4-6)16-9(11,12)13/h2-4H,5H2,1H3. The summed E-state index contributed by atoms with van der Waals surface area (Å²) in [6.45, 7) is -0.126. The molecule has 0 fully saturated rings. The molecule has 1 aromatic carbocycles. The molecule has 0 radical (unpaired) electrons. The summed E-state index contributed by atoms with van der Waals surface area (Å²) in [6, 6.07) is 2.75. The van der Waals surface area contributed by atoms with E-state index in [1.165, 1.54) is 7.11 Å². The van der Waals surface area contributed by atoms with Crippen LogP contribution in [0.25, 0.3) is 0 Å². The Hall–Kier alpha value is -1.50. The van der Waals surface area contributed by atoms with Crippen LogP contribution in [-0.2, 0) is 4.74 Å². The summed E-state index contributed by atoms with van der Waals surface area (Å²) in [4.78, 5) is 0. The minimum absolute atomic E-state index is 0.0499. The summed E-state index contributed by atoms with van der Waals surface area (Å²) in [7, 11) is 1.36. The lowest BCUT2D eigenvalue weighted by Gasteiger charge is -2.10. The molecule has 90 valence electrons. The summed E-state index contributed by atoms with van der Waals surface area (Å²) in [5.41, 5.74) is 0. The van der Waals surface area contributed by atoms with Gasteiger partial charge in [0.05, 0.1) is 0 Å². The Balaban J connectivity index is 2.75. The van der Waals surface area contributed by atoms with Crippen molar-refractivity contribution >= 4 is 0 Å². The molecular formula is C9H8F4O3. The van der Waals surface area contributed by atoms with E-state index < -0.39 is 17.9 Å². The molecule has 0 aromatic heterocycles. The summed E-state index contributed by atoms with van der Waals surface area (Å²) < 4.78 is 61.2. The third kappa shape index (κ3) is 3.93. The van der Waals surface area contributed by atoms with Crippen molar-refractivity contribution in [2.75, 3.05) is 13.9 Å². The molecule has 1 aromatic rings. The monoisotopic (exact) mass is 240 g/mol. The normalized spacial score (nSPS) is 11.3. The second-order valence-electron chi connectivity index (χ2n) is 2.69. The lowest BCUT2D eigenvalue weighted by molar-refractivity contribution is -0.275. The van der Waals surface area contributed by atoms with Crippen LogP contribution >= 0.6 is 0 Å². The van der Waals surface area contributed by atoms with E-state index in [2.05, 4.69) is 9.47 Å². The third-order valence-corrected chi connectivity index (χ3v) is 1.47. The van der Waals surface area contributed by atoms with Crippen molar-refractivity contribution in [3.8, 4) is 11.5 Å². The average Bonchev–Trinajstić information content (AvgIpc) is 2.17. The predicted molar refractivity (Wildman–Crippen MR) is 45.6 cm³/mol. The largest absolute Gasteiger partial charge is 0.573 e. The van der Waals surface area contributed by atoms with Gasteiger partial charge in [-0.15, -0.1) is 13.2 Å². The van der Waals surface area contributed by atoms with Crippen molar-refractivity contribution in [1.82, 2.24) is 0 Å². The van der Waals surface area contributed by atoms with Crippen molar-refractivity contribution in [2.24, 2.45) is 0 Å². The van der Waals surface area contributed by atoms with Gasteiger partial charge in [0, 0.05) is 13.2 Å². The summed E-state index contributed by atoms with van der Waals surface area (Å²) in [6.07, 6.45) is -4.92. The molecule has 0 saturated heterocycles. The van der Waals surface area contributed by atoms with Crippen LogP contribution in [0.15, 0.2) is 18.2 Å². The summed E-state index contributed by atoms with van der Waals surface area (Å²) in [5, 5.41) is 0. The van der Waals surface area contributed by atoms with Gasteiger partial charge in [-0.2, -0.15) is 0 Å². The van der Waals surface area contributed by atoms with Crippen molar-refractivity contribution in [2.45, 2.75) is 6.36 Å². The first-order valence-electron chi connectivity index (χ1n) is 4.09. The number of alkyl halides is 3. The summed E-state index contributed by atoms with van der Waals surface area (Å²) >= 11 is 0. The number of ether oxygens (including phenoxy) is 3. The van der Waals surface area contributed by atoms with Crippen LogP contribution in [0.2, 0.25) is 0 Å². The Morgan fingerprint density at radius 1 is 1.25 bits per heavy atom. The third-order valence-electron chi connectivity index (χ3n) is 1.47. The van der Waals surface area contributed by atoms with Crippen LogP contribution in [0.5, 0.6) is 11.5 Å². The minimum Gasteiger partial charge on any atom is -0.467 e. The molecule has 0 saturated carbocycles. The van der Waals surface area contributed by atoms with Crippen LogP contribution < -0.4 is 9.47 Å². The van der Waals surface area contributed by atoms with E-state index in [4.69, 9.17) is 4.74 Å². The van der Waals surface area contributed by atoms with Crippen LogP contribution in [0.1, 0.15) is 0 Å². The van der Waals surface area contributed by atoms with Crippen molar-refractivity contribution in [3.63, 3.8) is 0 Å². The Labute approximate surface area is 88.5 Å². The van der Waals surface area contributed by atoms with Crippen LogP contribution in [0.3, 0.4) is 0 Å². The van der Waals surface area contributed by atoms with Gasteiger partial charge in [0.25, 0.3) is 0 Å². The number of benzene rings is 1. The molecule has 0 aliphatic rings. The Bertz CT molecular complexity index is 351. The van der Waals surface area contributed by atoms with E-state index in [9.17, 15) is 17.6 Å². The fourth-order valence-electron chi connectivity index (χ4n) is 0.906. The fourth-order valence-corrected chi connectivity index (χ4v) is 0.906. The smallest absolute Gasteiger partial charge is 0.467 e. The number of methoxy groups -OCH3 is 1. The summed E-state index contributed by atoms with van der Waals surface area (Å²) in [5.74, 6) is -2.02. The van der Waals surface area contributed by atoms with E-state index in [0.29, 0.717) is 0 Å². The Morgan fingerprint density at radius 3 is 2.44 bits per heavy atom. The number of hydrogen-bond acceptors (Lipinski definition) is 3. The predicted octanol–water partition coefficient (Wildman–Crippen LogP) is 2.71. The molecule has 0 heterocycles. The highest BCUT2D eigenvalue weighted by molar-refractivity contribution is 5.33. The van der Waals surface area contributed by atoms with E-state index in [1.807, 2.05) is 0 Å². The Morgan fingerprint density at radius 2 is 1.94 bits per heavy atom. The average molecular weight is 240 g/mol. The highest BCUT2D eigenvalue weighted by atomic mass is 19.4. The van der Waals surface area contributed by atoms with Gasteiger partial charge in [0.2, 0.25) is 0 Å². The SMILES string of the molecule is COCOc1ccc(OC(F)(F)F)c(F)c1. The van der Waals surface area contributed by atoms with Crippen molar-refractivity contribution in [3.05, 3.63) is 24.0 Å². The first kappa shape index (κ1) is 12.6. The number of hydrogen-bond donors (Lipinski definition) is 0. The number of halogens is 4. The maximum Gasteiger partial charge on any atom is 0.573 e. The molecule has 0 spiro atoms. The zero-order valence-corrected chi connectivity index (χ0v) is 8.18. The maximum atomic E-state index is 13.1. The molecule has 0 N–H and O–H groups in total. The van der Waals surface area contributed by atoms with Gasteiger partial charge in [-0.1, -0.05) is 0 Å². The van der Waals surface area contributed by atoms with Crippen LogP contribution in [0, 0.1) is 5.82 Å². The lowest BCUT2D eigenvalue weighted by atomic mass is 10.3. The minimum atomic E-state index is -4.92. The van der Waals surface area contributed by atoms with Gasteiger partial charge in [0.15, 0.2) is 18.4 Å². The van der Waals surface area contributed by atoms with Crippen molar-refractivity contribution < 1.29 is 31.8 Å². The highest BCUT2D eigenvalue weighted by Gasteiger charge is 2.32. The topological polar surface area (TPSA) is 27.7 Å². The van der Waals surface area contributed by atoms with Gasteiger partial charge in [-0.05, 0) is 12.1 Å². The first-order chi connectivity index (χ1) is 7.42. The highest BCUT2D eigenvalue weighted by Crippen LogP contribution is 2.28. The van der Waals surface area contributed by atoms with Gasteiger partial charge in [-0.3, -0.25) is 0 Å². The van der Waals surface area contributed by atoms with Crippen molar-refractivity contribution in [1.29, 1.82) is 0 Å². The number of rotatable bonds is 4. The quantitative estimate of drug-likeness (QED) is 0.598. The van der Waals surface area contributed by atoms with E-state index in [1.54, 1.807) is 0 Å². The fraction of sp³-hybridized carbons (Fsp3) is 0.333. The van der Waals surface area contributed by atoms with E-state index >= 15 is 0 Å². The molecule has 1 rings (SSSR count). The molecule has 3 nitrogen and oxygen atoms in total. The Kier molecular flexibility index (Phi) is 3.94. The second kappa shape index (κ2) is 5.02. The van der Waals surface area contributed by atoms with Crippen LogP contribution in [-0.4, -0.2) is 20.3 Å². The molecule has 0 amide bonds. The molecule has 0 atom stereocenters. The maximum absolute atomic E-state index is 13.1. The molecular weight excluding hydrogens is 232 g/mol. The van der Waals surface area contributed by atoms with Gasteiger partial charge >= 0.3 is 6.36 Å². The molecule has 7 heteroatoms. The van der Waals surface area contributed by atoms with Gasteiger partial charge in [-0.25, -0.2) is 4.39 Å². The zero-order chi connectivity index (χ0) is 12.2. The van der Waals surface area contributed by atoms with Crippen LogP contribution in [0.4, 0.5) is 17.6 Å². The molecule has 16 heavy (non-hydrogen) atoms. The van der Waals surface area contributed by atoms with Gasteiger partial charge in [0.1, 0.15) is 5.75 Å². The van der Waals surface area contributed by atoms with E-state index in [-0.39, 0.29) is 12.5 Å². The lowest BCUT2D eigenvalue weighted by Crippen LogP contribution is -2.17. The van der Waals surface area contributed by atoms with Gasteiger partial charge < -0.3 is 14.2 Å².